The molecule has 0 bridgehead atoms. The van der Waals surface area contributed by atoms with Crippen molar-refractivity contribution >= 4 is 17.5 Å². The van der Waals surface area contributed by atoms with E-state index in [9.17, 15) is 4.79 Å². The number of amides is 1. The van der Waals surface area contributed by atoms with Gasteiger partial charge in [0.1, 0.15) is 5.88 Å². The van der Waals surface area contributed by atoms with Crippen molar-refractivity contribution in [1.82, 2.24) is 10.2 Å². The molecule has 0 heterocycles. The van der Waals surface area contributed by atoms with Crippen LogP contribution in [0.5, 0.6) is 0 Å². The van der Waals surface area contributed by atoms with Crippen LogP contribution < -0.4 is 5.32 Å². The Hall–Kier alpha value is -1.06. The van der Waals surface area contributed by atoms with Crippen LogP contribution in [0.4, 0.5) is 0 Å². The Kier molecular flexibility index (Phi) is 5.29. The molecule has 0 aromatic heterocycles. The molecule has 1 amide bonds. The maximum atomic E-state index is 10.9. The first-order valence-corrected chi connectivity index (χ1v) is 5.70. The fraction of sp³-hybridized carbons (Fsp3) is 0.417. The zero-order valence-electron chi connectivity index (χ0n) is 9.66. The highest BCUT2D eigenvalue weighted by Gasteiger charge is 1.99. The van der Waals surface area contributed by atoms with E-state index in [1.807, 2.05) is 26.2 Å². The summed E-state index contributed by atoms with van der Waals surface area (Å²) in [5, 5.41) is 2.73. The molecule has 4 heteroatoms. The molecule has 1 aromatic carbocycles. The molecule has 16 heavy (non-hydrogen) atoms. The van der Waals surface area contributed by atoms with Crippen molar-refractivity contribution in [3.05, 3.63) is 35.4 Å². The maximum absolute atomic E-state index is 10.9. The second-order valence-corrected chi connectivity index (χ2v) is 4.23. The van der Waals surface area contributed by atoms with Crippen molar-refractivity contribution in [3.63, 3.8) is 0 Å². The van der Waals surface area contributed by atoms with Crippen LogP contribution in [-0.2, 0) is 17.9 Å². The first-order chi connectivity index (χ1) is 7.61. The Morgan fingerprint density at radius 3 is 2.31 bits per heavy atom. The number of hydrogen-bond donors (Lipinski definition) is 1. The van der Waals surface area contributed by atoms with E-state index in [1.54, 1.807) is 0 Å². The van der Waals surface area contributed by atoms with Crippen molar-refractivity contribution in [1.29, 1.82) is 0 Å². The molecule has 0 saturated heterocycles. The molecule has 0 saturated carbocycles. The van der Waals surface area contributed by atoms with E-state index < -0.39 is 0 Å². The summed E-state index contributed by atoms with van der Waals surface area (Å²) in [4.78, 5) is 13.1. The lowest BCUT2D eigenvalue weighted by Gasteiger charge is -2.10. The Labute approximate surface area is 101 Å². The number of hydrogen-bond acceptors (Lipinski definition) is 2. The van der Waals surface area contributed by atoms with Crippen molar-refractivity contribution in [3.8, 4) is 0 Å². The average Bonchev–Trinajstić information content (AvgIpc) is 2.27. The number of halogens is 1. The number of nitrogens with zero attached hydrogens (tertiary/aromatic N) is 1. The van der Waals surface area contributed by atoms with Crippen LogP contribution in [0.25, 0.3) is 0 Å². The minimum atomic E-state index is -0.140. The van der Waals surface area contributed by atoms with Crippen molar-refractivity contribution < 1.29 is 4.79 Å². The quantitative estimate of drug-likeness (QED) is 0.793. The van der Waals surface area contributed by atoms with Crippen molar-refractivity contribution in [2.24, 2.45) is 0 Å². The Morgan fingerprint density at radius 1 is 1.25 bits per heavy atom. The zero-order chi connectivity index (χ0) is 12.0. The predicted octanol–water partition coefficient (Wildman–Crippen LogP) is 1.60. The minimum absolute atomic E-state index is 0.0126. The molecule has 0 aliphatic rings. The van der Waals surface area contributed by atoms with E-state index in [2.05, 4.69) is 22.3 Å². The van der Waals surface area contributed by atoms with Crippen LogP contribution in [0.2, 0.25) is 0 Å². The number of nitrogens with one attached hydrogen (secondary N) is 1. The summed E-state index contributed by atoms with van der Waals surface area (Å²) in [5.74, 6) is -0.127. The van der Waals surface area contributed by atoms with Gasteiger partial charge >= 0.3 is 0 Å². The summed E-state index contributed by atoms with van der Waals surface area (Å²) in [5.41, 5.74) is 2.35. The highest BCUT2D eigenvalue weighted by Crippen LogP contribution is 2.05. The smallest absolute Gasteiger partial charge is 0.235 e. The molecule has 0 spiro atoms. The van der Waals surface area contributed by atoms with Gasteiger partial charge in [-0.1, -0.05) is 24.3 Å². The first kappa shape index (κ1) is 13.0. The summed E-state index contributed by atoms with van der Waals surface area (Å²) in [6, 6.07) is 8.19. The van der Waals surface area contributed by atoms with E-state index in [1.165, 1.54) is 5.56 Å². The highest BCUT2D eigenvalue weighted by molar-refractivity contribution is 6.27. The summed E-state index contributed by atoms with van der Waals surface area (Å²) >= 11 is 5.38. The van der Waals surface area contributed by atoms with E-state index >= 15 is 0 Å². The lowest BCUT2D eigenvalue weighted by atomic mass is 10.1. The molecule has 1 aromatic rings. The lowest BCUT2D eigenvalue weighted by molar-refractivity contribution is -0.118. The summed E-state index contributed by atoms with van der Waals surface area (Å²) < 4.78 is 0. The predicted molar refractivity (Wildman–Crippen MR) is 66.4 cm³/mol. The Bertz CT molecular complexity index is 335. The molecule has 88 valence electrons. The van der Waals surface area contributed by atoms with Crippen LogP contribution in [-0.4, -0.2) is 30.8 Å². The van der Waals surface area contributed by atoms with E-state index in [0.29, 0.717) is 6.54 Å². The number of carbonyl (C=O) groups excluding carboxylic acids is 1. The van der Waals surface area contributed by atoms with Crippen LogP contribution in [0.15, 0.2) is 24.3 Å². The lowest BCUT2D eigenvalue weighted by Crippen LogP contribution is -2.23. The molecule has 0 aliphatic heterocycles. The van der Waals surface area contributed by atoms with Gasteiger partial charge in [-0.05, 0) is 25.2 Å². The van der Waals surface area contributed by atoms with Gasteiger partial charge in [-0.25, -0.2) is 0 Å². The molecular weight excluding hydrogens is 224 g/mol. The third kappa shape index (κ3) is 4.64. The summed E-state index contributed by atoms with van der Waals surface area (Å²) in [6.45, 7) is 1.46. The van der Waals surface area contributed by atoms with Gasteiger partial charge in [0, 0.05) is 13.1 Å². The molecule has 0 unspecified atom stereocenters. The second-order valence-electron chi connectivity index (χ2n) is 3.96. The van der Waals surface area contributed by atoms with Crippen molar-refractivity contribution in [2.45, 2.75) is 13.1 Å². The molecule has 0 aliphatic carbocycles. The first-order valence-electron chi connectivity index (χ1n) is 5.17. The third-order valence-electron chi connectivity index (χ3n) is 2.13. The van der Waals surface area contributed by atoms with Crippen LogP contribution >= 0.6 is 11.6 Å². The maximum Gasteiger partial charge on any atom is 0.235 e. The van der Waals surface area contributed by atoms with Gasteiger partial charge in [-0.2, -0.15) is 0 Å². The van der Waals surface area contributed by atoms with Gasteiger partial charge in [0.05, 0.1) is 0 Å². The molecule has 0 fully saturated rings. The normalized spacial score (nSPS) is 10.5. The SMILES string of the molecule is CN(C)Cc1ccc(CNC(=O)CCl)cc1. The number of carbonyl (C=O) groups is 1. The molecule has 1 rings (SSSR count). The van der Waals surface area contributed by atoms with Gasteiger partial charge in [0.15, 0.2) is 0 Å². The molecule has 3 nitrogen and oxygen atoms in total. The second kappa shape index (κ2) is 6.51. The molecule has 1 N–H and O–H groups in total. The standard InChI is InChI=1S/C12H17ClN2O/c1-15(2)9-11-5-3-10(4-6-11)8-14-12(16)7-13/h3-6H,7-9H2,1-2H3,(H,14,16). The average molecular weight is 241 g/mol. The van der Waals surface area contributed by atoms with E-state index in [4.69, 9.17) is 11.6 Å². The minimum Gasteiger partial charge on any atom is -0.351 e. The number of alkyl halides is 1. The van der Waals surface area contributed by atoms with Crippen molar-refractivity contribution in [2.75, 3.05) is 20.0 Å². The van der Waals surface area contributed by atoms with Crippen LogP contribution in [0.1, 0.15) is 11.1 Å². The van der Waals surface area contributed by atoms with Gasteiger partial charge in [0.2, 0.25) is 5.91 Å². The number of rotatable bonds is 5. The fourth-order valence-electron chi connectivity index (χ4n) is 1.38. The topological polar surface area (TPSA) is 32.3 Å². The van der Waals surface area contributed by atoms with Crippen LogP contribution in [0.3, 0.4) is 0 Å². The number of benzene rings is 1. The van der Waals surface area contributed by atoms with Gasteiger partial charge < -0.3 is 10.2 Å². The Morgan fingerprint density at radius 2 is 1.81 bits per heavy atom. The Balaban J connectivity index is 2.48. The van der Waals surface area contributed by atoms with E-state index in [0.717, 1.165) is 12.1 Å². The monoisotopic (exact) mass is 240 g/mol. The summed E-state index contributed by atoms with van der Waals surface area (Å²) in [7, 11) is 4.07. The molecule has 0 atom stereocenters. The fourth-order valence-corrected chi connectivity index (χ4v) is 1.47. The van der Waals surface area contributed by atoms with Gasteiger partial charge in [-0.15, -0.1) is 11.6 Å². The van der Waals surface area contributed by atoms with Crippen LogP contribution in [0, 0.1) is 0 Å². The van der Waals surface area contributed by atoms with Gasteiger partial charge in [0.25, 0.3) is 0 Å². The van der Waals surface area contributed by atoms with E-state index in [-0.39, 0.29) is 11.8 Å². The third-order valence-corrected chi connectivity index (χ3v) is 2.38. The summed E-state index contributed by atoms with van der Waals surface area (Å²) in [6.07, 6.45) is 0. The largest absolute Gasteiger partial charge is 0.351 e. The molecule has 0 radical (unpaired) electrons. The highest BCUT2D eigenvalue weighted by atomic mass is 35.5. The van der Waals surface area contributed by atoms with Gasteiger partial charge in [-0.3, -0.25) is 4.79 Å². The molecular formula is C12H17ClN2O. The zero-order valence-corrected chi connectivity index (χ0v) is 10.4.